The summed E-state index contributed by atoms with van der Waals surface area (Å²) in [6, 6.07) is 22.4. The van der Waals surface area contributed by atoms with E-state index in [1.807, 2.05) is 47.6 Å². The Hall–Kier alpha value is -5.73. The Morgan fingerprint density at radius 1 is 0.713 bits per heavy atom. The lowest BCUT2D eigenvalue weighted by Crippen LogP contribution is -2.41. The second-order valence-corrected chi connectivity index (χ2v) is 30.4. The van der Waals surface area contributed by atoms with Crippen LogP contribution in [0.3, 0.4) is 0 Å². The number of hydrogen-bond donors (Lipinski definition) is 2. The Kier molecular flexibility index (Phi) is 17.7. The molecule has 2 aliphatic heterocycles. The largest absolute Gasteiger partial charge is 0.512 e. The molecule has 2 N–H and O–H groups in total. The van der Waals surface area contributed by atoms with Gasteiger partial charge in [-0.3, -0.25) is 0 Å². The van der Waals surface area contributed by atoms with Crippen LogP contribution in [0.5, 0.6) is 11.5 Å². The summed E-state index contributed by atoms with van der Waals surface area (Å²) in [6.45, 7) is 19.7. The van der Waals surface area contributed by atoms with Gasteiger partial charge in [0, 0.05) is 40.6 Å². The summed E-state index contributed by atoms with van der Waals surface area (Å²) < 4.78 is 190. The van der Waals surface area contributed by atoms with Gasteiger partial charge in [0.2, 0.25) is 20.0 Å². The zero-order valence-corrected chi connectivity index (χ0v) is 49.8. The fourth-order valence-electron chi connectivity index (χ4n) is 9.98. The second kappa shape index (κ2) is 22.9. The number of rotatable bonds is 18. The number of benzene rings is 5. The number of esters is 1. The zero-order chi connectivity index (χ0) is 59.4. The van der Waals surface area contributed by atoms with E-state index in [0.717, 1.165) is 22.0 Å². The Morgan fingerprint density at radius 2 is 1.31 bits per heavy atom. The van der Waals surface area contributed by atoms with Gasteiger partial charge in [-0.25, -0.2) is 46.9 Å². The number of carbonyl (C=O) groups is 1. The molecule has 1 saturated heterocycles. The smallest absolute Gasteiger partial charge is 0.459 e. The number of fused-ring (bicyclic) bond motifs is 2. The summed E-state index contributed by atoms with van der Waals surface area (Å²) in [6.07, 6.45) is 2.57. The number of ether oxygens (including phenoxy) is 2. The molecule has 432 valence electrons. The molecule has 5 aromatic rings. The van der Waals surface area contributed by atoms with Gasteiger partial charge < -0.3 is 9.47 Å². The Labute approximate surface area is 467 Å². The maximum atomic E-state index is 14.9. The molecule has 2 aliphatic rings. The molecule has 2 heterocycles. The highest BCUT2D eigenvalue weighted by atomic mass is 32.3. The monoisotopic (exact) mass is 1200 g/mol. The molecule has 16 nitrogen and oxygen atoms in total. The molecule has 0 aliphatic carbocycles. The van der Waals surface area contributed by atoms with Crippen LogP contribution >= 0.6 is 0 Å². The van der Waals surface area contributed by atoms with Gasteiger partial charge in [-0.15, -0.1) is 4.13 Å². The first kappa shape index (κ1) is 61.9. The van der Waals surface area contributed by atoms with Crippen LogP contribution < -0.4 is 23.4 Å². The quantitative estimate of drug-likeness (QED) is 0.0607. The first-order valence-corrected chi connectivity index (χ1v) is 33.3. The fourth-order valence-corrected chi connectivity index (χ4v) is 17.0. The van der Waals surface area contributed by atoms with Crippen LogP contribution in [0, 0.1) is 0 Å². The first-order valence-electron chi connectivity index (χ1n) is 25.5. The molecule has 7 rings (SSSR count). The third-order valence-corrected chi connectivity index (χ3v) is 21.9. The summed E-state index contributed by atoms with van der Waals surface area (Å²) in [7, 11) is -24.6. The number of halogens is 3. The fraction of sp³-hybridized carbons (Fsp3) is 0.375. The third kappa shape index (κ3) is 13.1. The van der Waals surface area contributed by atoms with Crippen molar-refractivity contribution in [3.05, 3.63) is 158 Å². The van der Waals surface area contributed by atoms with E-state index in [4.69, 9.17) is 9.47 Å². The normalized spacial score (nSPS) is 15.4. The van der Waals surface area contributed by atoms with Crippen LogP contribution in [0.15, 0.2) is 112 Å². The number of nitrogens with zero attached hydrogens (tertiary/aromatic N) is 1. The first-order chi connectivity index (χ1) is 36.9. The molecule has 80 heavy (non-hydrogen) atoms. The Balaban J connectivity index is 1.45. The standard InChI is InChI=1S/C56H64F3N3O13S5/c1-32(2)41-20-21-52(78(68,69)61-80(72,73)56(57,58)59)53(35(7)8)48(41)27-38-17-19-43-50(29-38)75-49-28-37(26-47-45(33(3)4)30-40(31-46(47)34(5)6)77(66,67)60-76(11,64)65)16-18-42(49)54(43)44-14-12-13-15-51(44)79(70,71)62-24-22-39(23-25-62)74-55(63)36(9)10/h12-21,27-35,39,60-61H,9,22-26H2,1-8,10-11H3/b38-27+. The van der Waals surface area contributed by atoms with E-state index in [2.05, 4.69) is 6.58 Å². The van der Waals surface area contributed by atoms with Gasteiger partial charge in [0.25, 0.3) is 20.0 Å². The van der Waals surface area contributed by atoms with E-state index in [1.54, 1.807) is 72.6 Å². The van der Waals surface area contributed by atoms with Crippen molar-refractivity contribution in [1.29, 1.82) is 0 Å². The van der Waals surface area contributed by atoms with Crippen molar-refractivity contribution in [3.8, 4) is 11.5 Å². The molecular formula is C56H64F3N3O13S5. The Morgan fingerprint density at radius 3 is 1.86 bits per heavy atom. The molecule has 0 unspecified atom stereocenters. The molecule has 0 bridgehead atoms. The van der Waals surface area contributed by atoms with Gasteiger partial charge in [-0.2, -0.15) is 17.5 Å². The summed E-state index contributed by atoms with van der Waals surface area (Å²) >= 11 is 0. The third-order valence-electron chi connectivity index (χ3n) is 13.7. The summed E-state index contributed by atoms with van der Waals surface area (Å²) in [5.41, 5.74) is -0.744. The lowest BCUT2D eigenvalue weighted by atomic mass is 9.85. The van der Waals surface area contributed by atoms with Crippen molar-refractivity contribution < 1.29 is 69.5 Å². The number of carbonyl (C=O) groups excluding carboxylic acids is 1. The van der Waals surface area contributed by atoms with Crippen LogP contribution in [-0.4, -0.2) is 83.3 Å². The highest BCUT2D eigenvalue weighted by Gasteiger charge is 2.49. The molecule has 0 saturated carbocycles. The van der Waals surface area contributed by atoms with Crippen LogP contribution in [0.25, 0.3) is 11.6 Å². The van der Waals surface area contributed by atoms with Gasteiger partial charge in [0.1, 0.15) is 17.6 Å². The van der Waals surface area contributed by atoms with Crippen LogP contribution in [0.1, 0.15) is 149 Å². The van der Waals surface area contributed by atoms with Crippen molar-refractivity contribution >= 4 is 67.7 Å². The summed E-state index contributed by atoms with van der Waals surface area (Å²) in [5.74, 6) is -1.50. The highest BCUT2D eigenvalue weighted by Crippen LogP contribution is 2.42. The average Bonchev–Trinajstić information content (AvgIpc) is 3.47. The van der Waals surface area contributed by atoms with E-state index in [1.165, 1.54) is 35.5 Å². The van der Waals surface area contributed by atoms with Crippen molar-refractivity contribution in [1.82, 2.24) is 12.6 Å². The lowest BCUT2D eigenvalue weighted by molar-refractivity contribution is -0.145. The molecular weight excluding hydrogens is 1140 g/mol. The van der Waals surface area contributed by atoms with E-state index in [0.29, 0.717) is 60.7 Å². The van der Waals surface area contributed by atoms with Gasteiger partial charge in [0.05, 0.1) is 20.9 Å². The van der Waals surface area contributed by atoms with Crippen LogP contribution in [0.4, 0.5) is 13.2 Å². The molecule has 0 aromatic heterocycles. The molecule has 24 heteroatoms. The summed E-state index contributed by atoms with van der Waals surface area (Å²) in [5, 5.41) is 0.863. The maximum absolute atomic E-state index is 14.9. The van der Waals surface area contributed by atoms with Crippen LogP contribution in [0.2, 0.25) is 0 Å². The van der Waals surface area contributed by atoms with Gasteiger partial charge >= 0.3 is 21.5 Å². The zero-order valence-electron chi connectivity index (χ0n) is 45.7. The van der Waals surface area contributed by atoms with E-state index in [9.17, 15) is 60.1 Å². The molecule has 1 fully saturated rings. The van der Waals surface area contributed by atoms with Crippen molar-refractivity contribution in [2.45, 2.75) is 132 Å². The van der Waals surface area contributed by atoms with Crippen molar-refractivity contribution in [2.75, 3.05) is 19.3 Å². The minimum Gasteiger partial charge on any atom is -0.459 e. The molecule has 0 amide bonds. The predicted molar refractivity (Wildman–Crippen MR) is 299 cm³/mol. The Bertz CT molecular complexity index is 4010. The number of alkyl halides is 3. The number of sulfonamides is 5. The minimum atomic E-state index is -6.35. The number of nitrogens with one attached hydrogen (secondary N) is 2. The van der Waals surface area contributed by atoms with Crippen molar-refractivity contribution in [3.63, 3.8) is 0 Å². The molecule has 0 radical (unpaired) electrons. The average molecular weight is 1200 g/mol. The lowest BCUT2D eigenvalue weighted by Gasteiger charge is -2.32. The van der Waals surface area contributed by atoms with E-state index < -0.39 is 78.5 Å². The molecule has 0 atom stereocenters. The number of hydrogen-bond acceptors (Lipinski definition) is 13. The predicted octanol–water partition coefficient (Wildman–Crippen LogP) is 8.59. The summed E-state index contributed by atoms with van der Waals surface area (Å²) in [4.78, 5) is 11.4. The minimum absolute atomic E-state index is 0.0308. The van der Waals surface area contributed by atoms with Gasteiger partial charge in [0.15, 0.2) is 0 Å². The molecule has 0 spiro atoms. The van der Waals surface area contributed by atoms with Gasteiger partial charge in [-0.1, -0.05) is 109 Å². The van der Waals surface area contributed by atoms with Crippen LogP contribution in [-0.2, 0) is 66.1 Å². The number of piperidine rings is 1. The van der Waals surface area contributed by atoms with E-state index >= 15 is 0 Å². The second-order valence-electron chi connectivity index (χ2n) is 21.2. The highest BCUT2D eigenvalue weighted by molar-refractivity contribution is 8.05. The van der Waals surface area contributed by atoms with Crippen molar-refractivity contribution in [2.24, 2.45) is 0 Å². The molecule has 5 aromatic carbocycles. The topological polar surface area (TPSA) is 234 Å². The van der Waals surface area contributed by atoms with E-state index in [-0.39, 0.29) is 76.8 Å². The maximum Gasteiger partial charge on any atom is 0.512 e. The SMILES string of the molecule is C=C(C)C(=O)OC1CCN(S(=O)(=O)c2ccccc2C2=c3cc/c(=C\c4c(C(C)C)ccc(S(=O)(=O)NS(=O)(=O)C(F)(F)F)c4C(C)C)cc3Oc3cc(Cc4c(C(C)C)cc(S(=O)(=O)NS(C)(=O)=O)cc4C(C)C)ccc32)CC1. The van der Waals surface area contributed by atoms with Gasteiger partial charge in [-0.05, 0) is 143 Å².